The van der Waals surface area contributed by atoms with Crippen LogP contribution in [0, 0.1) is 18.3 Å². The van der Waals surface area contributed by atoms with Gasteiger partial charge in [0.1, 0.15) is 17.6 Å². The number of benzene rings is 2. The molecule has 0 aliphatic heterocycles. The first-order valence-corrected chi connectivity index (χ1v) is 6.82. The van der Waals surface area contributed by atoms with E-state index in [1.807, 2.05) is 31.2 Å². The van der Waals surface area contributed by atoms with E-state index in [4.69, 9.17) is 10.00 Å². The third kappa shape index (κ3) is 2.92. The van der Waals surface area contributed by atoms with Gasteiger partial charge in [-0.15, -0.1) is 0 Å². The number of hydrogen-bond donors (Lipinski definition) is 0. The standard InChI is InChI=1S/C14H9Br2NO/c1-9-2-4-14(12(16)6-9)18-13-5-3-11(15)7-10(13)8-17/h2-7H,1H3. The third-order valence-corrected chi connectivity index (χ3v) is 3.48. The lowest BCUT2D eigenvalue weighted by atomic mass is 10.2. The van der Waals surface area contributed by atoms with Crippen LogP contribution >= 0.6 is 31.9 Å². The summed E-state index contributed by atoms with van der Waals surface area (Å²) in [6.07, 6.45) is 0. The van der Waals surface area contributed by atoms with E-state index < -0.39 is 0 Å². The highest BCUT2D eigenvalue weighted by Crippen LogP contribution is 2.32. The molecule has 0 unspecified atom stereocenters. The first-order valence-electron chi connectivity index (χ1n) is 5.24. The van der Waals surface area contributed by atoms with Crippen molar-refractivity contribution in [1.29, 1.82) is 5.26 Å². The molecule has 0 saturated carbocycles. The van der Waals surface area contributed by atoms with Gasteiger partial charge >= 0.3 is 0 Å². The summed E-state index contributed by atoms with van der Waals surface area (Å²) in [5, 5.41) is 9.07. The summed E-state index contributed by atoms with van der Waals surface area (Å²) in [7, 11) is 0. The van der Waals surface area contributed by atoms with Crippen LogP contribution < -0.4 is 4.74 Å². The highest BCUT2D eigenvalue weighted by Gasteiger charge is 2.08. The Morgan fingerprint density at radius 1 is 1.06 bits per heavy atom. The monoisotopic (exact) mass is 365 g/mol. The largest absolute Gasteiger partial charge is 0.455 e. The molecule has 0 heterocycles. The minimum absolute atomic E-state index is 0.497. The Morgan fingerprint density at radius 2 is 1.78 bits per heavy atom. The molecule has 0 atom stereocenters. The third-order valence-electron chi connectivity index (χ3n) is 2.37. The van der Waals surface area contributed by atoms with Gasteiger partial charge in [0.25, 0.3) is 0 Å². The fraction of sp³-hybridized carbons (Fsp3) is 0.0714. The van der Waals surface area contributed by atoms with Crippen molar-refractivity contribution in [3.8, 4) is 17.6 Å². The SMILES string of the molecule is Cc1ccc(Oc2ccc(Br)cc2C#N)c(Br)c1. The van der Waals surface area contributed by atoms with Gasteiger partial charge in [-0.05, 0) is 58.7 Å². The van der Waals surface area contributed by atoms with Gasteiger partial charge in [-0.25, -0.2) is 0 Å². The van der Waals surface area contributed by atoms with Crippen LogP contribution in [-0.4, -0.2) is 0 Å². The molecule has 0 bridgehead atoms. The molecule has 90 valence electrons. The molecular weight excluding hydrogens is 358 g/mol. The van der Waals surface area contributed by atoms with Crippen molar-refractivity contribution in [2.24, 2.45) is 0 Å². The molecule has 18 heavy (non-hydrogen) atoms. The van der Waals surface area contributed by atoms with Crippen LogP contribution in [0.4, 0.5) is 0 Å². The second-order valence-electron chi connectivity index (χ2n) is 3.79. The van der Waals surface area contributed by atoms with E-state index in [0.29, 0.717) is 17.1 Å². The van der Waals surface area contributed by atoms with Gasteiger partial charge in [-0.1, -0.05) is 22.0 Å². The Bertz CT molecular complexity index is 632. The fourth-order valence-electron chi connectivity index (χ4n) is 1.49. The van der Waals surface area contributed by atoms with Gasteiger partial charge in [0, 0.05) is 4.47 Å². The van der Waals surface area contributed by atoms with E-state index in [-0.39, 0.29) is 0 Å². The quantitative estimate of drug-likeness (QED) is 0.733. The highest BCUT2D eigenvalue weighted by atomic mass is 79.9. The van der Waals surface area contributed by atoms with Crippen LogP contribution in [0.5, 0.6) is 11.5 Å². The van der Waals surface area contributed by atoms with Gasteiger partial charge < -0.3 is 4.74 Å². The molecule has 0 spiro atoms. The minimum atomic E-state index is 0.497. The predicted octanol–water partition coefficient (Wildman–Crippen LogP) is 5.18. The summed E-state index contributed by atoms with van der Waals surface area (Å²) in [6.45, 7) is 2.01. The van der Waals surface area contributed by atoms with E-state index in [0.717, 1.165) is 14.5 Å². The van der Waals surface area contributed by atoms with Gasteiger partial charge in [0.05, 0.1) is 10.0 Å². The summed E-state index contributed by atoms with van der Waals surface area (Å²) in [5.74, 6) is 1.24. The molecule has 2 aromatic rings. The molecule has 2 nitrogen and oxygen atoms in total. The van der Waals surface area contributed by atoms with Crippen LogP contribution in [-0.2, 0) is 0 Å². The number of aryl methyl sites for hydroxylation is 1. The molecule has 2 rings (SSSR count). The minimum Gasteiger partial charge on any atom is -0.455 e. The van der Waals surface area contributed by atoms with Crippen LogP contribution in [0.25, 0.3) is 0 Å². The molecular formula is C14H9Br2NO. The maximum atomic E-state index is 9.07. The Morgan fingerprint density at radius 3 is 2.44 bits per heavy atom. The smallest absolute Gasteiger partial charge is 0.145 e. The first kappa shape index (κ1) is 13.1. The summed E-state index contributed by atoms with van der Waals surface area (Å²) in [6, 6.07) is 13.3. The van der Waals surface area contributed by atoms with E-state index in [2.05, 4.69) is 37.9 Å². The Labute approximate surface area is 122 Å². The summed E-state index contributed by atoms with van der Waals surface area (Å²) >= 11 is 6.78. The molecule has 0 aliphatic carbocycles. The number of ether oxygens (including phenoxy) is 1. The van der Waals surface area contributed by atoms with E-state index in [1.54, 1.807) is 12.1 Å². The number of hydrogen-bond acceptors (Lipinski definition) is 2. The van der Waals surface area contributed by atoms with Crippen LogP contribution in [0.15, 0.2) is 45.3 Å². The lowest BCUT2D eigenvalue weighted by Gasteiger charge is -2.09. The number of halogens is 2. The van der Waals surface area contributed by atoms with Gasteiger partial charge in [-0.3, -0.25) is 0 Å². The van der Waals surface area contributed by atoms with Gasteiger partial charge in [-0.2, -0.15) is 5.26 Å². The van der Waals surface area contributed by atoms with Gasteiger partial charge in [0.15, 0.2) is 0 Å². The number of nitrogens with zero attached hydrogens (tertiary/aromatic N) is 1. The molecule has 0 radical (unpaired) electrons. The van der Waals surface area contributed by atoms with Crippen molar-refractivity contribution in [3.63, 3.8) is 0 Å². The maximum Gasteiger partial charge on any atom is 0.145 e. The Hall–Kier alpha value is -1.31. The Kier molecular flexibility index (Phi) is 4.05. The molecule has 2 aromatic carbocycles. The van der Waals surface area contributed by atoms with E-state index in [9.17, 15) is 0 Å². The topological polar surface area (TPSA) is 33.0 Å². The molecule has 4 heteroatoms. The van der Waals surface area contributed by atoms with Crippen molar-refractivity contribution < 1.29 is 4.74 Å². The van der Waals surface area contributed by atoms with Crippen LogP contribution in [0.3, 0.4) is 0 Å². The van der Waals surface area contributed by atoms with Crippen LogP contribution in [0.1, 0.15) is 11.1 Å². The lowest BCUT2D eigenvalue weighted by Crippen LogP contribution is -1.89. The van der Waals surface area contributed by atoms with Crippen molar-refractivity contribution >= 4 is 31.9 Å². The Balaban J connectivity index is 2.37. The predicted molar refractivity (Wildman–Crippen MR) is 77.8 cm³/mol. The number of nitriles is 1. The summed E-state index contributed by atoms with van der Waals surface area (Å²) in [5.41, 5.74) is 1.64. The summed E-state index contributed by atoms with van der Waals surface area (Å²) in [4.78, 5) is 0. The molecule has 0 N–H and O–H groups in total. The number of rotatable bonds is 2. The highest BCUT2D eigenvalue weighted by molar-refractivity contribution is 9.10. The zero-order chi connectivity index (χ0) is 13.1. The fourth-order valence-corrected chi connectivity index (χ4v) is 2.42. The molecule has 0 aromatic heterocycles. The molecule has 0 aliphatic rings. The lowest BCUT2D eigenvalue weighted by molar-refractivity contribution is 0.478. The van der Waals surface area contributed by atoms with Crippen molar-refractivity contribution in [2.75, 3.05) is 0 Å². The molecule has 0 saturated heterocycles. The first-order chi connectivity index (χ1) is 8.60. The average Bonchev–Trinajstić information content (AvgIpc) is 2.34. The van der Waals surface area contributed by atoms with Gasteiger partial charge in [0.2, 0.25) is 0 Å². The molecule has 0 amide bonds. The zero-order valence-corrected chi connectivity index (χ0v) is 12.7. The summed E-state index contributed by atoms with van der Waals surface area (Å²) < 4.78 is 7.48. The van der Waals surface area contributed by atoms with E-state index >= 15 is 0 Å². The van der Waals surface area contributed by atoms with Crippen molar-refractivity contribution in [1.82, 2.24) is 0 Å². The van der Waals surface area contributed by atoms with Crippen molar-refractivity contribution in [3.05, 3.63) is 56.5 Å². The molecule has 0 fully saturated rings. The van der Waals surface area contributed by atoms with Crippen molar-refractivity contribution in [2.45, 2.75) is 6.92 Å². The zero-order valence-electron chi connectivity index (χ0n) is 9.58. The normalized spacial score (nSPS) is 9.89. The average molecular weight is 367 g/mol. The van der Waals surface area contributed by atoms with E-state index in [1.165, 1.54) is 0 Å². The maximum absolute atomic E-state index is 9.07. The second-order valence-corrected chi connectivity index (χ2v) is 5.56. The van der Waals surface area contributed by atoms with Crippen LogP contribution in [0.2, 0.25) is 0 Å². The second kappa shape index (κ2) is 5.55.